The molecule has 4 nitrogen and oxygen atoms in total. The van der Waals surface area contributed by atoms with Crippen LogP contribution in [0.3, 0.4) is 0 Å². The second-order valence-electron chi connectivity index (χ2n) is 4.98. The van der Waals surface area contributed by atoms with Crippen LogP contribution in [-0.4, -0.2) is 13.2 Å². The molecule has 0 spiro atoms. The van der Waals surface area contributed by atoms with E-state index in [0.717, 1.165) is 0 Å². The summed E-state index contributed by atoms with van der Waals surface area (Å²) in [5.41, 5.74) is 1.31. The summed E-state index contributed by atoms with van der Waals surface area (Å²) in [6.07, 6.45) is 0. The molecule has 0 aliphatic carbocycles. The Morgan fingerprint density at radius 1 is 1.04 bits per heavy atom. The van der Waals surface area contributed by atoms with Gasteiger partial charge in [0, 0.05) is 10.7 Å². The van der Waals surface area contributed by atoms with Gasteiger partial charge in [-0.2, -0.15) is 0 Å². The Morgan fingerprint density at radius 3 is 2.08 bits per heavy atom. The molecule has 130 valence electrons. The van der Waals surface area contributed by atoms with Crippen molar-refractivity contribution in [2.24, 2.45) is 0 Å². The summed E-state index contributed by atoms with van der Waals surface area (Å²) in [7, 11) is -3.49. The van der Waals surface area contributed by atoms with Crippen LogP contribution in [0.2, 0.25) is 5.02 Å². The molecule has 0 amide bonds. The first-order chi connectivity index (χ1) is 11.5. The molecule has 1 unspecified atom stereocenters. The Morgan fingerprint density at radius 2 is 1.58 bits per heavy atom. The van der Waals surface area contributed by atoms with Gasteiger partial charge >= 0.3 is 7.60 Å². The molecule has 0 aliphatic heterocycles. The molecule has 0 radical (unpaired) electrons. The molecule has 2 aromatic rings. The Kier molecular flexibility index (Phi) is 6.81. The van der Waals surface area contributed by atoms with Gasteiger partial charge in [0.2, 0.25) is 0 Å². The quantitative estimate of drug-likeness (QED) is 0.591. The van der Waals surface area contributed by atoms with E-state index in [1.807, 2.05) is 0 Å². The van der Waals surface area contributed by atoms with Gasteiger partial charge in [-0.15, -0.1) is 0 Å². The monoisotopic (exact) mass is 371 g/mol. The van der Waals surface area contributed by atoms with E-state index < -0.39 is 13.4 Å². The highest BCUT2D eigenvalue weighted by atomic mass is 35.5. The zero-order valence-electron chi connectivity index (χ0n) is 13.5. The predicted octanol–water partition coefficient (Wildman–Crippen LogP) is 5.86. The van der Waals surface area contributed by atoms with Crippen molar-refractivity contribution in [3.8, 4) is 0 Å². The Hall–Kier alpha value is -1.39. The Bertz CT molecular complexity index is 684. The summed E-state index contributed by atoms with van der Waals surface area (Å²) in [5, 5.41) is 3.70. The first-order valence-electron chi connectivity index (χ1n) is 7.65. The van der Waals surface area contributed by atoms with Crippen LogP contribution in [0.5, 0.6) is 0 Å². The van der Waals surface area contributed by atoms with Crippen molar-refractivity contribution in [2.75, 3.05) is 18.5 Å². The summed E-state index contributed by atoms with van der Waals surface area (Å²) >= 11 is 5.94. The second kappa shape index (κ2) is 8.63. The topological polar surface area (TPSA) is 47.6 Å². The molecule has 0 aliphatic rings. The molecule has 1 N–H and O–H groups in total. The van der Waals surface area contributed by atoms with Crippen LogP contribution in [0, 0.1) is 5.82 Å². The molecule has 1 atom stereocenters. The molecular weight excluding hydrogens is 352 g/mol. The lowest BCUT2D eigenvalue weighted by Crippen LogP contribution is -2.15. The summed E-state index contributed by atoms with van der Waals surface area (Å²) in [4.78, 5) is 0. The van der Waals surface area contributed by atoms with E-state index in [1.165, 1.54) is 12.1 Å². The first-order valence-corrected chi connectivity index (χ1v) is 9.64. The summed E-state index contributed by atoms with van der Waals surface area (Å²) < 4.78 is 37.3. The van der Waals surface area contributed by atoms with Gasteiger partial charge in [0.1, 0.15) is 5.82 Å². The van der Waals surface area contributed by atoms with Gasteiger partial charge < -0.3 is 14.4 Å². The van der Waals surface area contributed by atoms with E-state index in [9.17, 15) is 8.96 Å². The number of anilines is 1. The van der Waals surface area contributed by atoms with Gasteiger partial charge in [0.25, 0.3) is 0 Å². The number of hydrogen-bond donors (Lipinski definition) is 1. The molecule has 24 heavy (non-hydrogen) atoms. The summed E-state index contributed by atoms with van der Waals surface area (Å²) in [6, 6.07) is 12.7. The van der Waals surface area contributed by atoms with Crippen molar-refractivity contribution >= 4 is 24.9 Å². The van der Waals surface area contributed by atoms with Crippen LogP contribution in [0.15, 0.2) is 48.5 Å². The largest absolute Gasteiger partial charge is 0.368 e. The molecule has 2 aromatic carbocycles. The smallest absolute Gasteiger partial charge is 0.357 e. The van der Waals surface area contributed by atoms with Gasteiger partial charge in [0.05, 0.1) is 13.2 Å². The average molecular weight is 372 g/mol. The lowest BCUT2D eigenvalue weighted by molar-refractivity contribution is 0.214. The zero-order valence-corrected chi connectivity index (χ0v) is 15.2. The van der Waals surface area contributed by atoms with Gasteiger partial charge in [-0.1, -0.05) is 23.7 Å². The van der Waals surface area contributed by atoms with Crippen LogP contribution in [0.25, 0.3) is 0 Å². The van der Waals surface area contributed by atoms with Crippen molar-refractivity contribution in [1.82, 2.24) is 0 Å². The molecule has 0 saturated carbocycles. The maximum Gasteiger partial charge on any atom is 0.357 e. The second-order valence-corrected chi connectivity index (χ2v) is 7.53. The van der Waals surface area contributed by atoms with Crippen molar-refractivity contribution in [2.45, 2.75) is 19.6 Å². The standard InChI is InChI=1S/C17H20ClFNO3P/c1-3-22-24(21,23-4-2)17(13-5-7-14(18)8-6-13)20-16-11-9-15(19)10-12-16/h5-12,17,20H,3-4H2,1-2H3. The molecule has 0 aromatic heterocycles. The van der Waals surface area contributed by atoms with Crippen molar-refractivity contribution in [1.29, 1.82) is 0 Å². The highest BCUT2D eigenvalue weighted by Gasteiger charge is 2.37. The van der Waals surface area contributed by atoms with Crippen LogP contribution in [-0.2, 0) is 13.6 Å². The van der Waals surface area contributed by atoms with Crippen LogP contribution >= 0.6 is 19.2 Å². The van der Waals surface area contributed by atoms with Crippen LogP contribution in [0.1, 0.15) is 25.2 Å². The van der Waals surface area contributed by atoms with E-state index in [1.54, 1.807) is 50.2 Å². The number of rotatable bonds is 8. The summed E-state index contributed by atoms with van der Waals surface area (Å²) in [5.74, 6) is -1.08. The minimum absolute atomic E-state index is 0.243. The minimum atomic E-state index is -3.49. The van der Waals surface area contributed by atoms with E-state index >= 15 is 0 Å². The highest BCUT2D eigenvalue weighted by molar-refractivity contribution is 7.54. The van der Waals surface area contributed by atoms with Gasteiger partial charge in [-0.05, 0) is 55.8 Å². The highest BCUT2D eigenvalue weighted by Crippen LogP contribution is 2.60. The third kappa shape index (κ3) is 4.81. The fraction of sp³-hybridized carbons (Fsp3) is 0.294. The molecule has 0 bridgehead atoms. The molecule has 0 heterocycles. The molecule has 0 fully saturated rings. The van der Waals surface area contributed by atoms with Crippen molar-refractivity contribution in [3.05, 3.63) is 64.9 Å². The maximum absolute atomic E-state index is 13.3. The van der Waals surface area contributed by atoms with Crippen molar-refractivity contribution < 1.29 is 18.0 Å². The fourth-order valence-corrected chi connectivity index (χ4v) is 4.30. The van der Waals surface area contributed by atoms with E-state index in [2.05, 4.69) is 5.32 Å². The number of hydrogen-bond acceptors (Lipinski definition) is 4. The average Bonchev–Trinajstić information content (AvgIpc) is 2.56. The fourth-order valence-electron chi connectivity index (χ4n) is 2.24. The van der Waals surface area contributed by atoms with E-state index in [-0.39, 0.29) is 19.0 Å². The molecular formula is C17H20ClFNO3P. The van der Waals surface area contributed by atoms with Gasteiger partial charge in [-0.25, -0.2) is 4.39 Å². The number of benzene rings is 2. The van der Waals surface area contributed by atoms with E-state index in [4.69, 9.17) is 20.6 Å². The normalized spacial score (nSPS) is 12.8. The SMILES string of the molecule is CCOP(=O)(OCC)C(Nc1ccc(F)cc1)c1ccc(Cl)cc1. The third-order valence-electron chi connectivity index (χ3n) is 3.27. The number of halogens is 2. The molecule has 2 rings (SSSR count). The Labute approximate surface area is 146 Å². The minimum Gasteiger partial charge on any atom is -0.368 e. The maximum atomic E-state index is 13.3. The first kappa shape index (κ1) is 18.9. The zero-order chi connectivity index (χ0) is 17.6. The molecule has 7 heteroatoms. The van der Waals surface area contributed by atoms with Crippen LogP contribution < -0.4 is 5.32 Å². The van der Waals surface area contributed by atoms with E-state index in [0.29, 0.717) is 16.3 Å². The molecule has 0 saturated heterocycles. The predicted molar refractivity (Wildman–Crippen MR) is 95.1 cm³/mol. The summed E-state index contributed by atoms with van der Waals surface area (Å²) in [6.45, 7) is 3.99. The Balaban J connectivity index is 2.41. The third-order valence-corrected chi connectivity index (χ3v) is 5.82. The van der Waals surface area contributed by atoms with Crippen molar-refractivity contribution in [3.63, 3.8) is 0 Å². The lowest BCUT2D eigenvalue weighted by Gasteiger charge is -2.28. The number of nitrogens with one attached hydrogen (secondary N) is 1. The van der Waals surface area contributed by atoms with Gasteiger partial charge in [0.15, 0.2) is 5.78 Å². The van der Waals surface area contributed by atoms with Crippen LogP contribution in [0.4, 0.5) is 10.1 Å². The van der Waals surface area contributed by atoms with Gasteiger partial charge in [-0.3, -0.25) is 4.57 Å². The lowest BCUT2D eigenvalue weighted by atomic mass is 10.2.